The first-order valence-electron chi connectivity index (χ1n) is 8.14. The van der Waals surface area contributed by atoms with E-state index in [1.807, 2.05) is 28.8 Å². The van der Waals surface area contributed by atoms with Crippen LogP contribution in [0.2, 0.25) is 0 Å². The predicted octanol–water partition coefficient (Wildman–Crippen LogP) is 3.81. The number of aromatic nitrogens is 3. The molecule has 27 heavy (non-hydrogen) atoms. The molecule has 3 aromatic rings. The van der Waals surface area contributed by atoms with Crippen molar-refractivity contribution in [1.82, 2.24) is 14.8 Å². The molecule has 3 rings (SSSR count). The van der Waals surface area contributed by atoms with Crippen LogP contribution in [0.5, 0.6) is 5.75 Å². The Morgan fingerprint density at radius 1 is 1.30 bits per heavy atom. The number of rotatable bonds is 8. The van der Waals surface area contributed by atoms with Crippen molar-refractivity contribution in [2.45, 2.75) is 17.5 Å². The van der Waals surface area contributed by atoms with Crippen molar-refractivity contribution in [3.63, 3.8) is 0 Å². The second-order valence-electron chi connectivity index (χ2n) is 5.44. The van der Waals surface area contributed by atoms with E-state index in [-0.39, 0.29) is 0 Å². The van der Waals surface area contributed by atoms with Crippen LogP contribution in [0.3, 0.4) is 0 Å². The molecule has 0 N–H and O–H groups in total. The van der Waals surface area contributed by atoms with Crippen LogP contribution < -0.4 is 4.74 Å². The zero-order chi connectivity index (χ0) is 19.2. The number of carbonyl (C=O) groups is 1. The van der Waals surface area contributed by atoms with Gasteiger partial charge in [-0.2, -0.15) is 0 Å². The fourth-order valence-electron chi connectivity index (χ4n) is 2.59. The highest BCUT2D eigenvalue weighted by atomic mass is 32.2. The fourth-order valence-corrected chi connectivity index (χ4v) is 3.49. The normalized spacial score (nSPS) is 10.6. The van der Waals surface area contributed by atoms with E-state index in [4.69, 9.17) is 13.9 Å². The molecule has 7 nitrogen and oxygen atoms in total. The van der Waals surface area contributed by atoms with Crippen LogP contribution in [0.25, 0.3) is 11.4 Å². The Morgan fingerprint density at radius 3 is 2.85 bits per heavy atom. The summed E-state index contributed by atoms with van der Waals surface area (Å²) in [6.45, 7) is 4.35. The number of benzene rings is 1. The van der Waals surface area contributed by atoms with Crippen molar-refractivity contribution in [2.75, 3.05) is 14.2 Å². The van der Waals surface area contributed by atoms with Crippen LogP contribution >= 0.6 is 11.8 Å². The summed E-state index contributed by atoms with van der Waals surface area (Å²) < 4.78 is 17.6. The predicted molar refractivity (Wildman–Crippen MR) is 102 cm³/mol. The van der Waals surface area contributed by atoms with Crippen molar-refractivity contribution in [1.29, 1.82) is 0 Å². The Morgan fingerprint density at radius 2 is 2.11 bits per heavy atom. The van der Waals surface area contributed by atoms with Crippen LogP contribution in [0.4, 0.5) is 0 Å². The van der Waals surface area contributed by atoms with Crippen molar-refractivity contribution < 1.29 is 18.7 Å². The number of esters is 1. The van der Waals surface area contributed by atoms with E-state index < -0.39 is 5.97 Å². The largest absolute Gasteiger partial charge is 0.496 e. The molecule has 0 fully saturated rings. The van der Waals surface area contributed by atoms with E-state index in [0.717, 1.165) is 5.56 Å². The Labute approximate surface area is 161 Å². The summed E-state index contributed by atoms with van der Waals surface area (Å²) in [5.41, 5.74) is 1.25. The number of furan rings is 1. The van der Waals surface area contributed by atoms with E-state index in [1.54, 1.807) is 19.3 Å². The molecule has 0 aliphatic carbocycles. The number of carbonyl (C=O) groups excluding carboxylic acids is 1. The van der Waals surface area contributed by atoms with E-state index in [1.165, 1.54) is 25.1 Å². The maximum Gasteiger partial charge on any atom is 0.341 e. The van der Waals surface area contributed by atoms with Crippen molar-refractivity contribution in [3.05, 3.63) is 60.6 Å². The van der Waals surface area contributed by atoms with Gasteiger partial charge in [0.1, 0.15) is 17.1 Å². The first-order valence-corrected chi connectivity index (χ1v) is 9.13. The van der Waals surface area contributed by atoms with Gasteiger partial charge < -0.3 is 13.9 Å². The highest BCUT2D eigenvalue weighted by Gasteiger charge is 2.19. The first kappa shape index (κ1) is 18.8. The van der Waals surface area contributed by atoms with Crippen molar-refractivity contribution in [3.8, 4) is 17.1 Å². The van der Waals surface area contributed by atoms with Gasteiger partial charge in [-0.3, -0.25) is 4.57 Å². The molecule has 2 aromatic heterocycles. The molecule has 8 heteroatoms. The second-order valence-corrected chi connectivity index (χ2v) is 6.39. The minimum atomic E-state index is -0.429. The lowest BCUT2D eigenvalue weighted by Crippen LogP contribution is -2.03. The number of hydrogen-bond donors (Lipinski definition) is 0. The molecule has 0 spiro atoms. The van der Waals surface area contributed by atoms with E-state index in [2.05, 4.69) is 16.8 Å². The lowest BCUT2D eigenvalue weighted by molar-refractivity contribution is 0.0598. The van der Waals surface area contributed by atoms with Gasteiger partial charge in [0.05, 0.1) is 31.8 Å². The maximum absolute atomic E-state index is 11.8. The van der Waals surface area contributed by atoms with Crippen LogP contribution in [-0.2, 0) is 17.0 Å². The van der Waals surface area contributed by atoms with Gasteiger partial charge in [0.2, 0.25) is 0 Å². The van der Waals surface area contributed by atoms with Gasteiger partial charge in [-0.05, 0) is 18.2 Å². The first-order chi connectivity index (χ1) is 13.2. The molecule has 0 unspecified atom stereocenters. The van der Waals surface area contributed by atoms with Gasteiger partial charge in [-0.15, -0.1) is 16.8 Å². The van der Waals surface area contributed by atoms with E-state index in [9.17, 15) is 4.79 Å². The molecule has 0 atom stereocenters. The van der Waals surface area contributed by atoms with Crippen LogP contribution in [-0.4, -0.2) is 35.0 Å². The van der Waals surface area contributed by atoms with Gasteiger partial charge in [0.25, 0.3) is 0 Å². The van der Waals surface area contributed by atoms with Crippen LogP contribution in [0, 0.1) is 0 Å². The highest BCUT2D eigenvalue weighted by Crippen LogP contribution is 2.32. The van der Waals surface area contributed by atoms with Gasteiger partial charge in [-0.25, -0.2) is 4.79 Å². The topological polar surface area (TPSA) is 79.4 Å². The molecule has 0 saturated heterocycles. The molecule has 0 aliphatic rings. The molecule has 0 bridgehead atoms. The Balaban J connectivity index is 1.89. The summed E-state index contributed by atoms with van der Waals surface area (Å²) in [4.78, 5) is 11.8. The number of allylic oxidation sites excluding steroid dienone is 1. The third-order valence-corrected chi connectivity index (χ3v) is 4.83. The zero-order valence-corrected chi connectivity index (χ0v) is 15.9. The SMILES string of the molecule is C=CCn1c(SCc2occc2C(=O)OC)nnc1-c1ccccc1OC. The number of hydrogen-bond acceptors (Lipinski definition) is 7. The van der Waals surface area contributed by atoms with Crippen molar-refractivity contribution in [2.24, 2.45) is 0 Å². The number of methoxy groups -OCH3 is 2. The van der Waals surface area contributed by atoms with Gasteiger partial charge in [0, 0.05) is 6.54 Å². The Hall–Kier alpha value is -3.00. The van der Waals surface area contributed by atoms with E-state index in [0.29, 0.717) is 40.4 Å². The summed E-state index contributed by atoms with van der Waals surface area (Å²) in [5, 5.41) is 9.31. The van der Waals surface area contributed by atoms with Gasteiger partial charge >= 0.3 is 5.97 Å². The number of thioether (sulfide) groups is 1. The smallest absolute Gasteiger partial charge is 0.341 e. The van der Waals surface area contributed by atoms with Crippen LogP contribution in [0.1, 0.15) is 16.1 Å². The fraction of sp³-hybridized carbons (Fsp3) is 0.211. The third kappa shape index (κ3) is 3.90. The summed E-state index contributed by atoms with van der Waals surface area (Å²) in [6.07, 6.45) is 3.25. The molecule has 0 amide bonds. The summed E-state index contributed by atoms with van der Waals surface area (Å²) in [6, 6.07) is 9.22. The standard InChI is InChI=1S/C19H19N3O4S/c1-4-10-22-17(13-7-5-6-8-15(13)24-2)20-21-19(22)27-12-16-14(9-11-26-16)18(23)25-3/h4-9,11H,1,10,12H2,2-3H3. The molecule has 0 saturated carbocycles. The van der Waals surface area contributed by atoms with Crippen molar-refractivity contribution >= 4 is 17.7 Å². The van der Waals surface area contributed by atoms with Gasteiger partial charge in [0.15, 0.2) is 11.0 Å². The minimum absolute atomic E-state index is 0.407. The molecule has 0 aliphatic heterocycles. The minimum Gasteiger partial charge on any atom is -0.496 e. The third-order valence-electron chi connectivity index (χ3n) is 3.86. The molecule has 0 radical (unpaired) electrons. The summed E-state index contributed by atoms with van der Waals surface area (Å²) in [5.74, 6) is 1.91. The zero-order valence-electron chi connectivity index (χ0n) is 15.0. The highest BCUT2D eigenvalue weighted by molar-refractivity contribution is 7.98. The Kier molecular flexibility index (Phi) is 5.97. The second kappa shape index (κ2) is 8.59. The summed E-state index contributed by atoms with van der Waals surface area (Å²) in [7, 11) is 2.96. The number of para-hydroxylation sites is 1. The quantitative estimate of drug-likeness (QED) is 0.331. The summed E-state index contributed by atoms with van der Waals surface area (Å²) >= 11 is 1.41. The monoisotopic (exact) mass is 385 g/mol. The lowest BCUT2D eigenvalue weighted by atomic mass is 10.2. The average molecular weight is 385 g/mol. The maximum atomic E-state index is 11.8. The molecular formula is C19H19N3O4S. The Bertz CT molecular complexity index is 948. The number of nitrogens with zero attached hydrogens (tertiary/aromatic N) is 3. The molecule has 2 heterocycles. The van der Waals surface area contributed by atoms with Crippen LogP contribution in [0.15, 0.2) is 58.8 Å². The molecular weight excluding hydrogens is 366 g/mol. The lowest BCUT2D eigenvalue weighted by Gasteiger charge is -2.10. The van der Waals surface area contributed by atoms with E-state index >= 15 is 0 Å². The average Bonchev–Trinajstić information content (AvgIpc) is 3.33. The number of ether oxygens (including phenoxy) is 2. The van der Waals surface area contributed by atoms with Gasteiger partial charge in [-0.1, -0.05) is 30.0 Å². The molecule has 140 valence electrons. The molecule has 1 aromatic carbocycles.